The van der Waals surface area contributed by atoms with Crippen molar-refractivity contribution in [2.75, 3.05) is 23.8 Å². The molecule has 1 heterocycles. The lowest BCUT2D eigenvalue weighted by Crippen LogP contribution is -2.38. The van der Waals surface area contributed by atoms with Crippen LogP contribution < -0.4 is 10.2 Å². The third kappa shape index (κ3) is 1.67. The average molecular weight is 211 g/mol. The lowest BCUT2D eigenvalue weighted by Gasteiger charge is -2.34. The van der Waals surface area contributed by atoms with Crippen LogP contribution in [0.4, 0.5) is 11.4 Å². The van der Waals surface area contributed by atoms with Crippen LogP contribution in [0.25, 0.3) is 0 Å². The van der Waals surface area contributed by atoms with Gasteiger partial charge in [0.05, 0.1) is 11.4 Å². The van der Waals surface area contributed by atoms with Crippen molar-refractivity contribution in [2.45, 2.75) is 19.4 Å². The first-order valence-electron chi connectivity index (χ1n) is 4.98. The molecule has 0 saturated carbocycles. The summed E-state index contributed by atoms with van der Waals surface area (Å²) in [4.78, 5) is 2.26. The van der Waals surface area contributed by atoms with Gasteiger partial charge in [0, 0.05) is 24.7 Å². The third-order valence-corrected chi connectivity index (χ3v) is 2.95. The van der Waals surface area contributed by atoms with Crippen LogP contribution in [-0.2, 0) is 0 Å². The second-order valence-corrected chi connectivity index (χ2v) is 4.23. The molecule has 0 aliphatic carbocycles. The Bertz CT molecular complexity index is 338. The Kier molecular flexibility index (Phi) is 2.55. The molecule has 1 aromatic carbocycles. The number of hydrogen-bond acceptors (Lipinski definition) is 2. The van der Waals surface area contributed by atoms with Crippen molar-refractivity contribution in [1.82, 2.24) is 0 Å². The zero-order valence-corrected chi connectivity index (χ0v) is 9.30. The molecule has 2 rings (SSSR count). The van der Waals surface area contributed by atoms with Crippen LogP contribution in [0.5, 0.6) is 0 Å². The van der Waals surface area contributed by atoms with E-state index < -0.39 is 0 Å². The highest BCUT2D eigenvalue weighted by molar-refractivity contribution is 6.31. The van der Waals surface area contributed by atoms with E-state index in [0.29, 0.717) is 6.04 Å². The van der Waals surface area contributed by atoms with Gasteiger partial charge < -0.3 is 10.2 Å². The summed E-state index contributed by atoms with van der Waals surface area (Å²) in [6.45, 7) is 3.25. The fourth-order valence-corrected chi connectivity index (χ4v) is 2.03. The van der Waals surface area contributed by atoms with E-state index in [4.69, 9.17) is 11.6 Å². The Balaban J connectivity index is 2.35. The fraction of sp³-hybridized carbons (Fsp3) is 0.455. The van der Waals surface area contributed by atoms with Crippen LogP contribution >= 0.6 is 11.6 Å². The highest BCUT2D eigenvalue weighted by Gasteiger charge is 2.19. The Morgan fingerprint density at radius 1 is 1.57 bits per heavy atom. The van der Waals surface area contributed by atoms with Crippen molar-refractivity contribution in [3.05, 3.63) is 23.2 Å². The van der Waals surface area contributed by atoms with E-state index in [1.807, 2.05) is 12.1 Å². The summed E-state index contributed by atoms with van der Waals surface area (Å²) in [5, 5.41) is 4.30. The van der Waals surface area contributed by atoms with Gasteiger partial charge in [-0.25, -0.2) is 0 Å². The molecule has 1 aliphatic heterocycles. The van der Waals surface area contributed by atoms with E-state index >= 15 is 0 Å². The molecule has 1 aromatic rings. The van der Waals surface area contributed by atoms with E-state index in [1.54, 1.807) is 0 Å². The number of benzene rings is 1. The molecule has 0 bridgehead atoms. The molecule has 1 atom stereocenters. The summed E-state index contributed by atoms with van der Waals surface area (Å²) < 4.78 is 0. The minimum Gasteiger partial charge on any atom is -0.379 e. The maximum Gasteiger partial charge on any atom is 0.0615 e. The second kappa shape index (κ2) is 3.70. The average Bonchev–Trinajstić information content (AvgIpc) is 2.19. The van der Waals surface area contributed by atoms with Crippen LogP contribution in [0.3, 0.4) is 0 Å². The molecule has 0 spiro atoms. The lowest BCUT2D eigenvalue weighted by molar-refractivity contribution is 0.662. The molecule has 0 saturated heterocycles. The third-order valence-electron chi connectivity index (χ3n) is 2.72. The predicted octanol–water partition coefficient (Wildman–Crippen LogP) is 2.98. The van der Waals surface area contributed by atoms with Crippen molar-refractivity contribution in [2.24, 2.45) is 0 Å². The van der Waals surface area contributed by atoms with Gasteiger partial charge in [-0.3, -0.25) is 0 Å². The normalized spacial score (nSPS) is 20.2. The maximum absolute atomic E-state index is 5.96. The van der Waals surface area contributed by atoms with Crippen LogP contribution in [0.2, 0.25) is 5.02 Å². The largest absolute Gasteiger partial charge is 0.379 e. The first-order chi connectivity index (χ1) is 6.70. The van der Waals surface area contributed by atoms with Crippen LogP contribution in [0.1, 0.15) is 13.3 Å². The topological polar surface area (TPSA) is 15.3 Å². The van der Waals surface area contributed by atoms with Crippen LogP contribution in [-0.4, -0.2) is 19.6 Å². The van der Waals surface area contributed by atoms with Gasteiger partial charge in [-0.2, -0.15) is 0 Å². The Morgan fingerprint density at radius 2 is 2.36 bits per heavy atom. The minimum absolute atomic E-state index is 0.550. The Labute approximate surface area is 89.9 Å². The van der Waals surface area contributed by atoms with Crippen molar-refractivity contribution < 1.29 is 0 Å². The maximum atomic E-state index is 5.96. The Morgan fingerprint density at radius 3 is 3.07 bits per heavy atom. The van der Waals surface area contributed by atoms with E-state index in [1.165, 1.54) is 11.4 Å². The zero-order chi connectivity index (χ0) is 10.1. The molecule has 2 nitrogen and oxygen atoms in total. The molecular formula is C11H15ClN2. The van der Waals surface area contributed by atoms with Crippen molar-refractivity contribution in [1.29, 1.82) is 0 Å². The van der Waals surface area contributed by atoms with Crippen molar-refractivity contribution >= 4 is 23.0 Å². The molecule has 0 fully saturated rings. The predicted molar refractivity (Wildman–Crippen MR) is 62.4 cm³/mol. The van der Waals surface area contributed by atoms with Gasteiger partial charge in [-0.1, -0.05) is 18.5 Å². The van der Waals surface area contributed by atoms with Crippen molar-refractivity contribution in [3.63, 3.8) is 0 Å². The van der Waals surface area contributed by atoms with Crippen LogP contribution in [0, 0.1) is 0 Å². The number of fused-ring (bicyclic) bond motifs is 1. The number of anilines is 2. The van der Waals surface area contributed by atoms with E-state index in [9.17, 15) is 0 Å². The summed E-state index contributed by atoms with van der Waals surface area (Å²) >= 11 is 5.96. The molecule has 3 heteroatoms. The summed E-state index contributed by atoms with van der Waals surface area (Å²) in [7, 11) is 2.11. The summed E-state index contributed by atoms with van der Waals surface area (Å²) in [5.41, 5.74) is 2.39. The molecular weight excluding hydrogens is 196 g/mol. The molecule has 1 unspecified atom stereocenters. The van der Waals surface area contributed by atoms with Gasteiger partial charge in [-0.05, 0) is 24.6 Å². The SMILES string of the molecule is CCC1CN(C)c2cc(Cl)ccc2N1. The summed E-state index contributed by atoms with van der Waals surface area (Å²) in [6.07, 6.45) is 1.15. The smallest absolute Gasteiger partial charge is 0.0615 e. The fourth-order valence-electron chi connectivity index (χ4n) is 1.87. The molecule has 1 N–H and O–H groups in total. The number of halogens is 1. The standard InChI is InChI=1S/C11H15ClN2/c1-3-9-7-14(2)11-6-8(12)4-5-10(11)13-9/h4-6,9,13H,3,7H2,1-2H3. The second-order valence-electron chi connectivity index (χ2n) is 3.79. The first kappa shape index (κ1) is 9.66. The number of nitrogens with zero attached hydrogens (tertiary/aromatic N) is 1. The highest BCUT2D eigenvalue weighted by atomic mass is 35.5. The van der Waals surface area contributed by atoms with Gasteiger partial charge in [0.25, 0.3) is 0 Å². The zero-order valence-electron chi connectivity index (χ0n) is 8.55. The quantitative estimate of drug-likeness (QED) is 0.767. The molecule has 76 valence electrons. The monoisotopic (exact) mass is 210 g/mol. The molecule has 0 amide bonds. The summed E-state index contributed by atoms with van der Waals surface area (Å²) in [5.74, 6) is 0. The van der Waals surface area contributed by atoms with Gasteiger partial charge >= 0.3 is 0 Å². The summed E-state index contributed by atoms with van der Waals surface area (Å²) in [6, 6.07) is 6.54. The van der Waals surface area contributed by atoms with Gasteiger partial charge in [0.15, 0.2) is 0 Å². The van der Waals surface area contributed by atoms with Gasteiger partial charge in [0.1, 0.15) is 0 Å². The van der Waals surface area contributed by atoms with Crippen molar-refractivity contribution in [3.8, 4) is 0 Å². The molecule has 1 aliphatic rings. The highest BCUT2D eigenvalue weighted by Crippen LogP contribution is 2.32. The van der Waals surface area contributed by atoms with E-state index in [-0.39, 0.29) is 0 Å². The number of likely N-dealkylation sites (N-methyl/N-ethyl adjacent to an activating group) is 1. The Hall–Kier alpha value is -0.890. The molecule has 0 aromatic heterocycles. The van der Waals surface area contributed by atoms with Crippen LogP contribution in [0.15, 0.2) is 18.2 Å². The minimum atomic E-state index is 0.550. The van der Waals surface area contributed by atoms with E-state index in [2.05, 4.69) is 30.3 Å². The number of nitrogens with one attached hydrogen (secondary N) is 1. The van der Waals surface area contributed by atoms with Gasteiger partial charge in [0.2, 0.25) is 0 Å². The number of rotatable bonds is 1. The molecule has 14 heavy (non-hydrogen) atoms. The lowest BCUT2D eigenvalue weighted by atomic mass is 10.1. The molecule has 0 radical (unpaired) electrons. The first-order valence-corrected chi connectivity index (χ1v) is 5.35. The number of hydrogen-bond donors (Lipinski definition) is 1. The van der Waals surface area contributed by atoms with Gasteiger partial charge in [-0.15, -0.1) is 0 Å². The van der Waals surface area contributed by atoms with E-state index in [0.717, 1.165) is 18.0 Å².